The summed E-state index contributed by atoms with van der Waals surface area (Å²) < 4.78 is 10.2. The summed E-state index contributed by atoms with van der Waals surface area (Å²) in [5.41, 5.74) is 2.68. The first-order valence-electron chi connectivity index (χ1n) is 7.61. The molecular formula is C18H16N4O3. The number of nitrogens with zero attached hydrogens (tertiary/aromatic N) is 3. The van der Waals surface area contributed by atoms with Gasteiger partial charge in [-0.1, -0.05) is 6.07 Å². The number of hydrogen-bond donors (Lipinski definition) is 1. The van der Waals surface area contributed by atoms with E-state index in [-0.39, 0.29) is 6.42 Å². The van der Waals surface area contributed by atoms with Crippen molar-refractivity contribution >= 4 is 17.0 Å². The highest BCUT2D eigenvalue weighted by Gasteiger charge is 2.26. The standard InChI is InChI=1S/C18H16N4O3/c1-24-14-6-5-12(13(7-8-19)18(23)25-2)15-16(14)22-17(21-15)11-4-3-9-20-10-11/h3-6,9-10,13H,7H2,1-2H3,(H,21,22). The van der Waals surface area contributed by atoms with Gasteiger partial charge in [0.1, 0.15) is 17.1 Å². The van der Waals surface area contributed by atoms with E-state index in [2.05, 4.69) is 15.0 Å². The fourth-order valence-corrected chi connectivity index (χ4v) is 2.74. The van der Waals surface area contributed by atoms with Crippen molar-refractivity contribution in [1.29, 1.82) is 5.26 Å². The number of H-pyrrole nitrogens is 1. The first-order valence-corrected chi connectivity index (χ1v) is 7.61. The third kappa shape index (κ3) is 3.02. The van der Waals surface area contributed by atoms with Gasteiger partial charge in [0, 0.05) is 18.0 Å². The van der Waals surface area contributed by atoms with Crippen LogP contribution in [0.2, 0.25) is 0 Å². The zero-order chi connectivity index (χ0) is 17.8. The highest BCUT2D eigenvalue weighted by molar-refractivity contribution is 5.92. The van der Waals surface area contributed by atoms with Gasteiger partial charge >= 0.3 is 5.97 Å². The fraction of sp³-hybridized carbons (Fsp3) is 0.222. The molecule has 0 amide bonds. The van der Waals surface area contributed by atoms with E-state index >= 15 is 0 Å². The molecule has 7 heteroatoms. The molecule has 0 radical (unpaired) electrons. The molecule has 1 unspecified atom stereocenters. The van der Waals surface area contributed by atoms with Crippen LogP contribution in [0.1, 0.15) is 17.9 Å². The van der Waals surface area contributed by atoms with Gasteiger partial charge in [0.05, 0.1) is 38.1 Å². The molecule has 3 rings (SSSR count). The maximum absolute atomic E-state index is 12.1. The third-order valence-corrected chi connectivity index (χ3v) is 3.95. The Balaban J connectivity index is 2.22. The number of carbonyl (C=O) groups excluding carboxylic acids is 1. The Labute approximate surface area is 144 Å². The molecule has 0 aliphatic carbocycles. The zero-order valence-corrected chi connectivity index (χ0v) is 13.8. The molecule has 0 fully saturated rings. The van der Waals surface area contributed by atoms with Crippen LogP contribution in [0.4, 0.5) is 0 Å². The maximum atomic E-state index is 12.1. The number of pyridine rings is 1. The normalized spacial score (nSPS) is 11.7. The molecule has 0 bridgehead atoms. The van der Waals surface area contributed by atoms with Crippen molar-refractivity contribution in [3.63, 3.8) is 0 Å². The molecule has 0 aliphatic heterocycles. The molecule has 0 spiro atoms. The molecule has 3 aromatic rings. The molecular weight excluding hydrogens is 320 g/mol. The van der Waals surface area contributed by atoms with Gasteiger partial charge in [-0.3, -0.25) is 9.78 Å². The summed E-state index contributed by atoms with van der Waals surface area (Å²) in [4.78, 5) is 24.0. The average Bonchev–Trinajstić information content (AvgIpc) is 3.11. The molecule has 1 aromatic carbocycles. The van der Waals surface area contributed by atoms with E-state index in [1.807, 2.05) is 18.2 Å². The maximum Gasteiger partial charge on any atom is 0.314 e. The first-order chi connectivity index (χ1) is 12.2. The number of benzene rings is 1. The summed E-state index contributed by atoms with van der Waals surface area (Å²) >= 11 is 0. The van der Waals surface area contributed by atoms with Gasteiger partial charge in [-0.15, -0.1) is 0 Å². The summed E-state index contributed by atoms with van der Waals surface area (Å²) in [6.07, 6.45) is 3.38. The van der Waals surface area contributed by atoms with Crippen molar-refractivity contribution < 1.29 is 14.3 Å². The average molecular weight is 336 g/mol. The van der Waals surface area contributed by atoms with E-state index in [0.29, 0.717) is 28.2 Å². The minimum absolute atomic E-state index is 0.00927. The summed E-state index contributed by atoms with van der Waals surface area (Å²) in [6, 6.07) is 9.22. The summed E-state index contributed by atoms with van der Waals surface area (Å²) in [5.74, 6) is 0.0105. The number of nitriles is 1. The van der Waals surface area contributed by atoms with Crippen LogP contribution in [0.25, 0.3) is 22.4 Å². The number of hydrogen-bond acceptors (Lipinski definition) is 6. The van der Waals surface area contributed by atoms with E-state index < -0.39 is 11.9 Å². The number of esters is 1. The molecule has 0 aliphatic rings. The van der Waals surface area contributed by atoms with Crippen molar-refractivity contribution in [2.24, 2.45) is 0 Å². The predicted octanol–water partition coefficient (Wildman–Crippen LogP) is 2.80. The molecule has 126 valence electrons. The lowest BCUT2D eigenvalue weighted by molar-refractivity contribution is -0.142. The third-order valence-electron chi connectivity index (χ3n) is 3.95. The van der Waals surface area contributed by atoms with E-state index in [1.165, 1.54) is 7.11 Å². The lowest BCUT2D eigenvalue weighted by atomic mass is 9.95. The quantitative estimate of drug-likeness (QED) is 0.719. The second-order valence-electron chi connectivity index (χ2n) is 5.35. The Bertz CT molecular complexity index is 944. The van der Waals surface area contributed by atoms with Gasteiger partial charge in [-0.25, -0.2) is 4.98 Å². The minimum Gasteiger partial charge on any atom is -0.494 e. The molecule has 0 saturated heterocycles. The van der Waals surface area contributed by atoms with Crippen LogP contribution < -0.4 is 4.74 Å². The highest BCUT2D eigenvalue weighted by Crippen LogP contribution is 2.34. The van der Waals surface area contributed by atoms with Gasteiger partial charge in [0.25, 0.3) is 0 Å². The number of ether oxygens (including phenoxy) is 2. The van der Waals surface area contributed by atoms with Crippen molar-refractivity contribution in [2.45, 2.75) is 12.3 Å². The minimum atomic E-state index is -0.703. The molecule has 25 heavy (non-hydrogen) atoms. The van der Waals surface area contributed by atoms with E-state index in [9.17, 15) is 4.79 Å². The molecule has 7 nitrogen and oxygen atoms in total. The number of fused-ring (bicyclic) bond motifs is 1. The van der Waals surface area contributed by atoms with Crippen molar-refractivity contribution in [3.8, 4) is 23.2 Å². The van der Waals surface area contributed by atoms with Crippen molar-refractivity contribution in [1.82, 2.24) is 15.0 Å². The van der Waals surface area contributed by atoms with Gasteiger partial charge in [-0.2, -0.15) is 5.26 Å². The van der Waals surface area contributed by atoms with Crippen LogP contribution in [0.3, 0.4) is 0 Å². The second kappa shape index (κ2) is 7.01. The molecule has 1 N–H and O–H groups in total. The number of aromatic nitrogens is 3. The van der Waals surface area contributed by atoms with Gasteiger partial charge in [0.15, 0.2) is 0 Å². The van der Waals surface area contributed by atoms with E-state index in [4.69, 9.17) is 14.7 Å². The largest absolute Gasteiger partial charge is 0.494 e. The van der Waals surface area contributed by atoms with Crippen molar-refractivity contribution in [3.05, 3.63) is 42.2 Å². The Morgan fingerprint density at radius 1 is 1.36 bits per heavy atom. The number of nitrogens with one attached hydrogen (secondary N) is 1. The SMILES string of the molecule is COC(=O)C(CC#N)c1ccc(OC)c2nc(-c3cccnc3)[nH]c12. The second-order valence-corrected chi connectivity index (χ2v) is 5.35. The summed E-state index contributed by atoms with van der Waals surface area (Å²) in [6.45, 7) is 0. The first kappa shape index (κ1) is 16.5. The number of methoxy groups -OCH3 is 2. The van der Waals surface area contributed by atoms with Gasteiger partial charge in [0.2, 0.25) is 0 Å². The number of rotatable bonds is 5. The van der Waals surface area contributed by atoms with Crippen LogP contribution in [-0.4, -0.2) is 35.1 Å². The zero-order valence-electron chi connectivity index (χ0n) is 13.8. The molecule has 1 atom stereocenters. The fourth-order valence-electron chi connectivity index (χ4n) is 2.74. The molecule has 2 heterocycles. The van der Waals surface area contributed by atoms with Crippen molar-refractivity contribution in [2.75, 3.05) is 14.2 Å². The van der Waals surface area contributed by atoms with E-state index in [0.717, 1.165) is 5.56 Å². The molecule has 0 saturated carbocycles. The number of carbonyl (C=O) groups is 1. The Morgan fingerprint density at radius 3 is 2.84 bits per heavy atom. The lowest BCUT2D eigenvalue weighted by Crippen LogP contribution is -2.14. The van der Waals surface area contributed by atoms with Crippen LogP contribution in [-0.2, 0) is 9.53 Å². The Kier molecular flexibility index (Phi) is 4.61. The summed E-state index contributed by atoms with van der Waals surface area (Å²) in [5, 5.41) is 9.08. The Hall–Kier alpha value is -3.40. The number of aromatic amines is 1. The summed E-state index contributed by atoms with van der Waals surface area (Å²) in [7, 11) is 2.86. The highest BCUT2D eigenvalue weighted by atomic mass is 16.5. The van der Waals surface area contributed by atoms with Crippen LogP contribution in [0.15, 0.2) is 36.7 Å². The van der Waals surface area contributed by atoms with Crippen LogP contribution >= 0.6 is 0 Å². The van der Waals surface area contributed by atoms with Gasteiger partial charge in [-0.05, 0) is 23.8 Å². The lowest BCUT2D eigenvalue weighted by Gasteiger charge is -2.13. The Morgan fingerprint density at radius 2 is 2.20 bits per heavy atom. The van der Waals surface area contributed by atoms with Gasteiger partial charge < -0.3 is 14.5 Å². The van der Waals surface area contributed by atoms with Crippen LogP contribution in [0, 0.1) is 11.3 Å². The topological polar surface area (TPSA) is 101 Å². The number of imidazole rings is 1. The van der Waals surface area contributed by atoms with Crippen LogP contribution in [0.5, 0.6) is 5.75 Å². The molecule has 2 aromatic heterocycles. The predicted molar refractivity (Wildman–Crippen MR) is 90.9 cm³/mol. The van der Waals surface area contributed by atoms with E-state index in [1.54, 1.807) is 31.6 Å². The smallest absolute Gasteiger partial charge is 0.314 e. The monoisotopic (exact) mass is 336 g/mol.